The second-order valence-electron chi connectivity index (χ2n) is 6.83. The molecule has 0 aliphatic carbocycles. The molecule has 0 saturated heterocycles. The number of aryl methyl sites for hydroxylation is 1. The Morgan fingerprint density at radius 1 is 1.17 bits per heavy atom. The molecule has 0 aliphatic heterocycles. The largest absolute Gasteiger partial charge is 0.484 e. The Hall–Kier alpha value is -1.11. The van der Waals surface area contributed by atoms with Gasteiger partial charge in [0.2, 0.25) is 0 Å². The van der Waals surface area contributed by atoms with E-state index in [1.807, 2.05) is 37.3 Å². The lowest BCUT2D eigenvalue weighted by molar-refractivity contribution is 0.0765. The van der Waals surface area contributed by atoms with E-state index in [1.165, 1.54) is 0 Å². The molecule has 2 aromatic rings. The maximum atomic E-state index is 5.92. The molecule has 0 amide bonds. The van der Waals surface area contributed by atoms with Gasteiger partial charge in [-0.3, -0.25) is 0 Å². The zero-order chi connectivity index (χ0) is 16.9. The van der Waals surface area contributed by atoms with Gasteiger partial charge in [-0.2, -0.15) is 5.10 Å². The van der Waals surface area contributed by atoms with Crippen LogP contribution in [0.2, 0.25) is 25.7 Å². The highest BCUT2D eigenvalue weighted by atomic mass is 79.9. The first-order valence-corrected chi connectivity index (χ1v) is 12.3. The van der Waals surface area contributed by atoms with E-state index in [1.54, 1.807) is 4.68 Å². The van der Waals surface area contributed by atoms with E-state index in [0.717, 1.165) is 34.3 Å². The molecule has 0 N–H and O–H groups in total. The molecule has 6 heteroatoms. The van der Waals surface area contributed by atoms with Crippen molar-refractivity contribution in [2.24, 2.45) is 0 Å². The molecular weight excluding hydrogens is 372 g/mol. The first-order valence-electron chi connectivity index (χ1n) is 7.84. The Morgan fingerprint density at radius 3 is 2.52 bits per heavy atom. The summed E-state index contributed by atoms with van der Waals surface area (Å²) in [5, 5.41) is 4.49. The van der Waals surface area contributed by atoms with E-state index in [0.29, 0.717) is 13.3 Å². The Morgan fingerprint density at radius 2 is 1.87 bits per heavy atom. The molecule has 0 aliphatic rings. The smallest absolute Gasteiger partial charge is 0.175 e. The van der Waals surface area contributed by atoms with E-state index in [4.69, 9.17) is 9.47 Å². The molecule has 0 atom stereocenters. The van der Waals surface area contributed by atoms with Crippen LogP contribution in [0.3, 0.4) is 0 Å². The van der Waals surface area contributed by atoms with Crippen LogP contribution in [-0.2, 0) is 18.1 Å². The lowest BCUT2D eigenvalue weighted by Gasteiger charge is -2.15. The van der Waals surface area contributed by atoms with Crippen LogP contribution in [0.1, 0.15) is 11.3 Å². The summed E-state index contributed by atoms with van der Waals surface area (Å²) in [7, 11) is -1.06. The number of hydrogen-bond donors (Lipinski definition) is 0. The Bertz CT molecular complexity index is 624. The molecule has 2 rings (SSSR count). The third-order valence-electron chi connectivity index (χ3n) is 3.45. The van der Waals surface area contributed by atoms with Crippen molar-refractivity contribution < 1.29 is 9.47 Å². The summed E-state index contributed by atoms with van der Waals surface area (Å²) in [6.45, 7) is 10.7. The van der Waals surface area contributed by atoms with E-state index in [-0.39, 0.29) is 0 Å². The van der Waals surface area contributed by atoms with Gasteiger partial charge in [0.05, 0.1) is 0 Å². The summed E-state index contributed by atoms with van der Waals surface area (Å²) in [5.74, 6) is 0.780. The number of halogens is 1. The fraction of sp³-hybridized carbons (Fsp3) is 0.471. The van der Waals surface area contributed by atoms with Crippen LogP contribution in [0.25, 0.3) is 0 Å². The van der Waals surface area contributed by atoms with Gasteiger partial charge in [-0.05, 0) is 34.5 Å². The number of ether oxygens (including phenoxy) is 2. The molecule has 0 saturated carbocycles. The fourth-order valence-electron chi connectivity index (χ4n) is 2.05. The van der Waals surface area contributed by atoms with Gasteiger partial charge in [-0.15, -0.1) is 0 Å². The summed E-state index contributed by atoms with van der Waals surface area (Å²) in [5.41, 5.74) is 2.00. The van der Waals surface area contributed by atoms with Crippen molar-refractivity contribution >= 4 is 24.0 Å². The summed E-state index contributed by atoms with van der Waals surface area (Å²) in [6.07, 6.45) is 0. The van der Waals surface area contributed by atoms with Crippen LogP contribution in [0.4, 0.5) is 0 Å². The van der Waals surface area contributed by atoms with Gasteiger partial charge >= 0.3 is 0 Å². The summed E-state index contributed by atoms with van der Waals surface area (Å²) < 4.78 is 14.3. The molecule has 0 bridgehead atoms. The van der Waals surface area contributed by atoms with Crippen molar-refractivity contribution in [3.05, 3.63) is 46.2 Å². The van der Waals surface area contributed by atoms with Crippen LogP contribution in [0.15, 0.2) is 34.9 Å². The molecule has 1 aromatic carbocycles. The number of nitrogens with zero attached hydrogens (tertiary/aromatic N) is 2. The SMILES string of the molecule is Cc1nn(COCC[Si](C)(C)C)c(Br)c1OCc1ccccc1. The molecule has 126 valence electrons. The second-order valence-corrected chi connectivity index (χ2v) is 13.2. The van der Waals surface area contributed by atoms with Crippen molar-refractivity contribution in [2.75, 3.05) is 6.61 Å². The quantitative estimate of drug-likeness (QED) is 0.472. The van der Waals surface area contributed by atoms with Gasteiger partial charge < -0.3 is 9.47 Å². The zero-order valence-corrected chi connectivity index (χ0v) is 16.9. The topological polar surface area (TPSA) is 36.3 Å². The maximum absolute atomic E-state index is 5.92. The van der Waals surface area contributed by atoms with Crippen molar-refractivity contribution in [2.45, 2.75) is 45.9 Å². The predicted octanol–water partition coefficient (Wildman–Crippen LogP) is 4.85. The highest BCUT2D eigenvalue weighted by Gasteiger charge is 2.16. The van der Waals surface area contributed by atoms with Crippen LogP contribution in [0.5, 0.6) is 5.75 Å². The van der Waals surface area contributed by atoms with E-state index < -0.39 is 8.07 Å². The number of aromatic nitrogens is 2. The summed E-state index contributed by atoms with van der Waals surface area (Å²) in [4.78, 5) is 0. The third-order valence-corrected chi connectivity index (χ3v) is 5.92. The van der Waals surface area contributed by atoms with Gasteiger partial charge in [-0.1, -0.05) is 50.0 Å². The first kappa shape index (κ1) is 18.2. The minimum Gasteiger partial charge on any atom is -0.484 e. The molecule has 0 spiro atoms. The molecule has 1 heterocycles. The number of benzene rings is 1. The van der Waals surface area contributed by atoms with Crippen molar-refractivity contribution in [3.63, 3.8) is 0 Å². The lowest BCUT2D eigenvalue weighted by Crippen LogP contribution is -2.22. The normalized spacial score (nSPS) is 11.7. The Labute approximate surface area is 147 Å². The van der Waals surface area contributed by atoms with Crippen LogP contribution < -0.4 is 4.74 Å². The molecule has 4 nitrogen and oxygen atoms in total. The van der Waals surface area contributed by atoms with Crippen LogP contribution >= 0.6 is 15.9 Å². The van der Waals surface area contributed by atoms with E-state index >= 15 is 0 Å². The lowest BCUT2D eigenvalue weighted by atomic mass is 10.2. The minimum absolute atomic E-state index is 0.445. The number of rotatable bonds is 8. The molecule has 0 radical (unpaired) electrons. The monoisotopic (exact) mass is 396 g/mol. The molecule has 1 aromatic heterocycles. The van der Waals surface area contributed by atoms with Crippen molar-refractivity contribution in [1.29, 1.82) is 0 Å². The van der Waals surface area contributed by atoms with E-state index in [2.05, 4.69) is 40.7 Å². The maximum Gasteiger partial charge on any atom is 0.175 e. The average Bonchev–Trinajstić information content (AvgIpc) is 2.76. The fourth-order valence-corrected chi connectivity index (χ4v) is 3.39. The minimum atomic E-state index is -1.06. The molecule has 0 fully saturated rings. The second kappa shape index (κ2) is 8.12. The zero-order valence-electron chi connectivity index (χ0n) is 14.3. The Balaban J connectivity index is 1.91. The predicted molar refractivity (Wildman–Crippen MR) is 99.5 cm³/mol. The first-order chi connectivity index (χ1) is 10.9. The van der Waals surface area contributed by atoms with Gasteiger partial charge in [0, 0.05) is 14.7 Å². The number of hydrogen-bond acceptors (Lipinski definition) is 3. The van der Waals surface area contributed by atoms with E-state index in [9.17, 15) is 0 Å². The Kier molecular flexibility index (Phi) is 6.44. The summed E-state index contributed by atoms with van der Waals surface area (Å²) >= 11 is 3.57. The van der Waals surface area contributed by atoms with Gasteiger partial charge in [0.15, 0.2) is 5.75 Å². The molecule has 0 unspecified atom stereocenters. The third kappa shape index (κ3) is 5.79. The van der Waals surface area contributed by atoms with Gasteiger partial charge in [-0.25, -0.2) is 4.68 Å². The van der Waals surface area contributed by atoms with Crippen molar-refractivity contribution in [3.8, 4) is 5.75 Å². The van der Waals surface area contributed by atoms with Crippen LogP contribution in [-0.4, -0.2) is 24.5 Å². The van der Waals surface area contributed by atoms with Crippen LogP contribution in [0, 0.1) is 6.92 Å². The van der Waals surface area contributed by atoms with Gasteiger partial charge in [0.25, 0.3) is 0 Å². The molecule has 23 heavy (non-hydrogen) atoms. The highest BCUT2D eigenvalue weighted by molar-refractivity contribution is 9.10. The standard InChI is InChI=1S/C17H25BrN2O2Si/c1-14-16(22-12-15-8-6-5-7-9-15)17(18)20(19-14)13-21-10-11-23(2,3)4/h5-9H,10-13H2,1-4H3. The van der Waals surface area contributed by atoms with Gasteiger partial charge in [0.1, 0.15) is 23.6 Å². The summed E-state index contributed by atoms with van der Waals surface area (Å²) in [6, 6.07) is 11.3. The molecular formula is C17H25BrN2O2Si. The average molecular weight is 397 g/mol. The van der Waals surface area contributed by atoms with Crippen molar-refractivity contribution in [1.82, 2.24) is 9.78 Å². The highest BCUT2D eigenvalue weighted by Crippen LogP contribution is 2.29.